The number of urea groups is 1. The third-order valence-corrected chi connectivity index (χ3v) is 4.50. The zero-order chi connectivity index (χ0) is 16.8. The van der Waals surface area contributed by atoms with Crippen LogP contribution in [0.25, 0.3) is 0 Å². The summed E-state index contributed by atoms with van der Waals surface area (Å²) in [6.07, 6.45) is 3.55. The summed E-state index contributed by atoms with van der Waals surface area (Å²) in [4.78, 5) is 11.9. The Hall–Kier alpha value is -1.69. The summed E-state index contributed by atoms with van der Waals surface area (Å²) < 4.78 is 26.6. The number of hydrogen-bond acceptors (Lipinski definition) is 2. The average molecular weight is 326 g/mol. The highest BCUT2D eigenvalue weighted by Gasteiger charge is 2.22. The molecule has 23 heavy (non-hydrogen) atoms. The zero-order valence-electron chi connectivity index (χ0n) is 13.3. The van der Waals surface area contributed by atoms with Crippen LogP contribution < -0.4 is 10.6 Å². The maximum Gasteiger partial charge on any atom is 0.315 e. The van der Waals surface area contributed by atoms with E-state index in [1.165, 1.54) is 12.1 Å². The van der Waals surface area contributed by atoms with Crippen LogP contribution in [0.1, 0.15) is 44.1 Å². The first-order valence-electron chi connectivity index (χ1n) is 8.09. The first kappa shape index (κ1) is 17.7. The van der Waals surface area contributed by atoms with Gasteiger partial charge >= 0.3 is 6.03 Å². The molecule has 0 radical (unpaired) electrons. The van der Waals surface area contributed by atoms with Crippen LogP contribution in [0.3, 0.4) is 0 Å². The van der Waals surface area contributed by atoms with Crippen molar-refractivity contribution in [1.82, 2.24) is 10.6 Å². The van der Waals surface area contributed by atoms with Crippen molar-refractivity contribution in [2.75, 3.05) is 13.2 Å². The number of rotatable bonds is 5. The fraction of sp³-hybridized carbons (Fsp3) is 0.588. The van der Waals surface area contributed by atoms with Crippen molar-refractivity contribution in [3.63, 3.8) is 0 Å². The molecule has 1 aromatic rings. The quantitative estimate of drug-likeness (QED) is 0.779. The molecule has 128 valence electrons. The Morgan fingerprint density at radius 2 is 2.00 bits per heavy atom. The number of halogens is 2. The number of aliphatic hydroxyl groups excluding tert-OH is 1. The van der Waals surface area contributed by atoms with Crippen LogP contribution in [0.5, 0.6) is 0 Å². The fourth-order valence-corrected chi connectivity index (χ4v) is 2.98. The topological polar surface area (TPSA) is 61.4 Å². The van der Waals surface area contributed by atoms with Crippen LogP contribution >= 0.6 is 0 Å². The minimum absolute atomic E-state index is 0.121. The van der Waals surface area contributed by atoms with E-state index in [2.05, 4.69) is 10.6 Å². The van der Waals surface area contributed by atoms with Gasteiger partial charge in [0.15, 0.2) is 0 Å². The molecule has 1 aliphatic carbocycles. The second-order valence-electron chi connectivity index (χ2n) is 6.32. The largest absolute Gasteiger partial charge is 0.396 e. The van der Waals surface area contributed by atoms with Gasteiger partial charge in [-0.3, -0.25) is 0 Å². The van der Waals surface area contributed by atoms with Gasteiger partial charge < -0.3 is 15.7 Å². The SMILES string of the molecule is CC(CNC(=O)NC1CCC(CO)CC1)c1ccc(F)cc1F. The van der Waals surface area contributed by atoms with Crippen LogP contribution in [0, 0.1) is 17.6 Å². The second kappa shape index (κ2) is 8.24. The first-order valence-corrected chi connectivity index (χ1v) is 8.09. The minimum Gasteiger partial charge on any atom is -0.396 e. The molecule has 0 aliphatic heterocycles. The molecule has 1 fully saturated rings. The maximum absolute atomic E-state index is 13.7. The minimum atomic E-state index is -0.609. The number of amides is 2. The number of nitrogens with one attached hydrogen (secondary N) is 2. The lowest BCUT2D eigenvalue weighted by molar-refractivity contribution is 0.174. The van der Waals surface area contributed by atoms with Crippen LogP contribution in [-0.2, 0) is 0 Å². The lowest BCUT2D eigenvalue weighted by Crippen LogP contribution is -2.44. The zero-order valence-corrected chi connectivity index (χ0v) is 13.3. The Morgan fingerprint density at radius 1 is 1.30 bits per heavy atom. The summed E-state index contributed by atoms with van der Waals surface area (Å²) in [7, 11) is 0. The number of aliphatic hydroxyl groups is 1. The van der Waals surface area contributed by atoms with E-state index < -0.39 is 11.6 Å². The Labute approximate surface area is 135 Å². The van der Waals surface area contributed by atoms with Gasteiger partial charge in [0.1, 0.15) is 11.6 Å². The summed E-state index contributed by atoms with van der Waals surface area (Å²) in [6, 6.07) is 3.33. The maximum atomic E-state index is 13.7. The lowest BCUT2D eigenvalue weighted by Gasteiger charge is -2.28. The highest BCUT2D eigenvalue weighted by Crippen LogP contribution is 2.23. The number of benzene rings is 1. The van der Waals surface area contributed by atoms with E-state index in [0.29, 0.717) is 11.5 Å². The third kappa shape index (κ3) is 5.16. The molecule has 0 heterocycles. The van der Waals surface area contributed by atoms with E-state index in [9.17, 15) is 13.6 Å². The van der Waals surface area contributed by atoms with Gasteiger partial charge in [0, 0.05) is 31.2 Å². The second-order valence-corrected chi connectivity index (χ2v) is 6.32. The molecular formula is C17H24F2N2O2. The van der Waals surface area contributed by atoms with E-state index in [1.54, 1.807) is 6.92 Å². The molecule has 3 N–H and O–H groups in total. The molecule has 2 amide bonds. The van der Waals surface area contributed by atoms with Crippen LogP contribution in [0.4, 0.5) is 13.6 Å². The van der Waals surface area contributed by atoms with Gasteiger partial charge in [-0.1, -0.05) is 13.0 Å². The molecule has 1 atom stereocenters. The van der Waals surface area contributed by atoms with Gasteiger partial charge in [0.05, 0.1) is 0 Å². The average Bonchev–Trinajstić information content (AvgIpc) is 2.53. The third-order valence-electron chi connectivity index (χ3n) is 4.50. The van der Waals surface area contributed by atoms with Crippen LogP contribution in [0.15, 0.2) is 18.2 Å². The molecule has 1 saturated carbocycles. The van der Waals surface area contributed by atoms with E-state index in [0.717, 1.165) is 31.7 Å². The molecule has 0 bridgehead atoms. The monoisotopic (exact) mass is 326 g/mol. The van der Waals surface area contributed by atoms with Crippen molar-refractivity contribution in [3.05, 3.63) is 35.4 Å². The van der Waals surface area contributed by atoms with Gasteiger partial charge in [-0.05, 0) is 43.2 Å². The van der Waals surface area contributed by atoms with Crippen LogP contribution in [0.2, 0.25) is 0 Å². The smallest absolute Gasteiger partial charge is 0.315 e. The molecular weight excluding hydrogens is 302 g/mol. The van der Waals surface area contributed by atoms with Crippen molar-refractivity contribution < 1.29 is 18.7 Å². The Morgan fingerprint density at radius 3 is 2.61 bits per heavy atom. The van der Waals surface area contributed by atoms with Crippen molar-refractivity contribution in [1.29, 1.82) is 0 Å². The summed E-state index contributed by atoms with van der Waals surface area (Å²) in [5.74, 6) is -1.10. The Balaban J connectivity index is 1.75. The van der Waals surface area contributed by atoms with E-state index in [4.69, 9.17) is 5.11 Å². The van der Waals surface area contributed by atoms with Gasteiger partial charge in [0.2, 0.25) is 0 Å². The molecule has 1 aliphatic rings. The molecule has 0 saturated heterocycles. The summed E-state index contributed by atoms with van der Waals surface area (Å²) in [5.41, 5.74) is 0.384. The van der Waals surface area contributed by atoms with Crippen molar-refractivity contribution >= 4 is 6.03 Å². The molecule has 1 unspecified atom stereocenters. The predicted octanol–water partition coefficient (Wildman–Crippen LogP) is 2.92. The van der Waals surface area contributed by atoms with Gasteiger partial charge in [-0.25, -0.2) is 13.6 Å². The van der Waals surface area contributed by atoms with Crippen LogP contribution in [-0.4, -0.2) is 30.3 Å². The standard InChI is InChI=1S/C17H24F2N2O2/c1-11(15-7-4-13(18)8-16(15)19)9-20-17(23)21-14-5-2-12(10-22)3-6-14/h4,7-8,11-12,14,22H,2-3,5-6,9-10H2,1H3,(H2,20,21,23). The summed E-state index contributed by atoms with van der Waals surface area (Å²) in [5, 5.41) is 14.7. The molecule has 0 spiro atoms. The molecule has 4 nitrogen and oxygen atoms in total. The Kier molecular flexibility index (Phi) is 6.33. The fourth-order valence-electron chi connectivity index (χ4n) is 2.98. The van der Waals surface area contributed by atoms with E-state index in [-0.39, 0.29) is 31.1 Å². The van der Waals surface area contributed by atoms with Crippen molar-refractivity contribution in [2.24, 2.45) is 5.92 Å². The first-order chi connectivity index (χ1) is 11.0. The number of carbonyl (C=O) groups is 1. The number of hydrogen-bond donors (Lipinski definition) is 3. The molecule has 0 aromatic heterocycles. The van der Waals surface area contributed by atoms with Gasteiger partial charge in [-0.2, -0.15) is 0 Å². The highest BCUT2D eigenvalue weighted by molar-refractivity contribution is 5.74. The number of carbonyl (C=O) groups excluding carboxylic acids is 1. The van der Waals surface area contributed by atoms with Gasteiger partial charge in [0.25, 0.3) is 0 Å². The van der Waals surface area contributed by atoms with Crippen molar-refractivity contribution in [3.8, 4) is 0 Å². The molecule has 6 heteroatoms. The van der Waals surface area contributed by atoms with Crippen molar-refractivity contribution in [2.45, 2.75) is 44.6 Å². The Bertz CT molecular complexity index is 531. The molecule has 2 rings (SSSR count). The highest BCUT2D eigenvalue weighted by atomic mass is 19.1. The molecule has 1 aromatic carbocycles. The predicted molar refractivity (Wildman–Crippen MR) is 84.1 cm³/mol. The van der Waals surface area contributed by atoms with Gasteiger partial charge in [-0.15, -0.1) is 0 Å². The summed E-state index contributed by atoms with van der Waals surface area (Å²) >= 11 is 0. The van der Waals surface area contributed by atoms with E-state index in [1.807, 2.05) is 0 Å². The van der Waals surface area contributed by atoms with E-state index >= 15 is 0 Å². The normalized spacial score (nSPS) is 22.4. The summed E-state index contributed by atoms with van der Waals surface area (Å²) in [6.45, 7) is 2.27. The lowest BCUT2D eigenvalue weighted by atomic mass is 9.87.